The third kappa shape index (κ3) is 4.20. The zero-order valence-electron chi connectivity index (χ0n) is 18.1. The van der Waals surface area contributed by atoms with Gasteiger partial charge in [0.25, 0.3) is 5.91 Å². The van der Waals surface area contributed by atoms with Gasteiger partial charge in [0.15, 0.2) is 0 Å². The summed E-state index contributed by atoms with van der Waals surface area (Å²) >= 11 is 0. The van der Waals surface area contributed by atoms with Crippen molar-refractivity contribution in [3.8, 4) is 5.75 Å². The molecular formula is C23H25FN2O4S. The summed E-state index contributed by atoms with van der Waals surface area (Å²) in [6, 6.07) is 11.1. The number of benzene rings is 2. The normalized spacial score (nSPS) is 11.6. The topological polar surface area (TPSA) is 77.4 Å². The summed E-state index contributed by atoms with van der Waals surface area (Å²) in [6.07, 6.45) is 0. The predicted octanol–water partition coefficient (Wildman–Crippen LogP) is 4.92. The minimum atomic E-state index is -4.02. The fraction of sp³-hybridized carbons (Fsp3) is 0.261. The molecule has 0 bridgehead atoms. The molecule has 164 valence electrons. The van der Waals surface area contributed by atoms with Crippen molar-refractivity contribution in [2.45, 2.75) is 43.5 Å². The molecule has 8 heteroatoms. The van der Waals surface area contributed by atoms with Crippen molar-refractivity contribution >= 4 is 21.6 Å². The van der Waals surface area contributed by atoms with Crippen molar-refractivity contribution in [2.75, 3.05) is 12.4 Å². The van der Waals surface area contributed by atoms with Crippen molar-refractivity contribution in [1.82, 2.24) is 4.57 Å². The molecule has 0 atom stereocenters. The molecular weight excluding hydrogens is 419 g/mol. The summed E-state index contributed by atoms with van der Waals surface area (Å²) in [5.74, 6) is -0.299. The Morgan fingerprint density at radius 3 is 2.32 bits per heavy atom. The second-order valence-corrected chi connectivity index (χ2v) is 9.38. The number of hydrogen-bond acceptors (Lipinski definition) is 4. The second-order valence-electron chi connectivity index (χ2n) is 7.50. The lowest BCUT2D eigenvalue weighted by Crippen LogP contribution is -2.19. The number of carbonyl (C=O) groups excluding carboxylic acids is 1. The predicted molar refractivity (Wildman–Crippen MR) is 117 cm³/mol. The molecule has 0 saturated heterocycles. The molecule has 1 N–H and O–H groups in total. The van der Waals surface area contributed by atoms with Crippen LogP contribution in [0.4, 0.5) is 10.2 Å². The van der Waals surface area contributed by atoms with E-state index in [1.165, 1.54) is 19.2 Å². The molecule has 6 nitrogen and oxygen atoms in total. The van der Waals surface area contributed by atoms with E-state index in [9.17, 15) is 17.6 Å². The molecule has 0 aliphatic carbocycles. The number of nitrogens with zero attached hydrogens (tertiary/aromatic N) is 1. The van der Waals surface area contributed by atoms with Crippen LogP contribution in [0.5, 0.6) is 5.75 Å². The van der Waals surface area contributed by atoms with Crippen molar-refractivity contribution < 1.29 is 22.3 Å². The molecule has 31 heavy (non-hydrogen) atoms. The van der Waals surface area contributed by atoms with Crippen LogP contribution in [0.25, 0.3) is 0 Å². The van der Waals surface area contributed by atoms with Gasteiger partial charge < -0.3 is 14.6 Å². The number of rotatable bonds is 6. The first-order chi connectivity index (χ1) is 14.6. The molecule has 0 aliphatic rings. The van der Waals surface area contributed by atoms with E-state index in [-0.39, 0.29) is 21.7 Å². The maximum Gasteiger partial charge on any atom is 0.256 e. The minimum absolute atomic E-state index is 0.00144. The number of anilines is 1. The maximum atomic E-state index is 13.5. The Hall–Kier alpha value is -3.13. The highest BCUT2D eigenvalue weighted by Gasteiger charge is 2.31. The highest BCUT2D eigenvalue weighted by atomic mass is 32.2. The zero-order valence-corrected chi connectivity index (χ0v) is 18.9. The van der Waals surface area contributed by atoms with Gasteiger partial charge in [-0.25, -0.2) is 12.8 Å². The van der Waals surface area contributed by atoms with Crippen LogP contribution in [0.2, 0.25) is 0 Å². The molecule has 1 aromatic heterocycles. The Morgan fingerprint density at radius 1 is 1.10 bits per heavy atom. The number of halogens is 1. The lowest BCUT2D eigenvalue weighted by atomic mass is 10.2. The summed E-state index contributed by atoms with van der Waals surface area (Å²) in [4.78, 5) is 13.0. The molecule has 0 unspecified atom stereocenters. The minimum Gasteiger partial charge on any atom is -0.497 e. The number of ether oxygens (including phenoxy) is 1. The second kappa shape index (κ2) is 8.55. The first-order valence-corrected chi connectivity index (χ1v) is 11.2. The summed E-state index contributed by atoms with van der Waals surface area (Å²) in [6.45, 7) is 7.32. The van der Waals surface area contributed by atoms with Gasteiger partial charge in [0.05, 0.1) is 12.0 Å². The number of carbonyl (C=O) groups is 1. The monoisotopic (exact) mass is 444 g/mol. The lowest BCUT2D eigenvalue weighted by molar-refractivity contribution is 0.102. The SMILES string of the molecule is COc1cccc(C(=O)Nc2c(S(=O)(=O)c3ccc(F)cc3)c(C)c(C)n2C(C)C)c1. The number of amides is 1. The van der Waals surface area contributed by atoms with Gasteiger partial charge in [0.2, 0.25) is 9.84 Å². The zero-order chi connectivity index (χ0) is 22.9. The fourth-order valence-electron chi connectivity index (χ4n) is 3.57. The fourth-order valence-corrected chi connectivity index (χ4v) is 5.25. The molecule has 0 saturated carbocycles. The number of methoxy groups -OCH3 is 1. The van der Waals surface area contributed by atoms with E-state index in [4.69, 9.17) is 4.74 Å². The maximum absolute atomic E-state index is 13.5. The van der Waals surface area contributed by atoms with Gasteiger partial charge in [-0.2, -0.15) is 0 Å². The Labute approximate surface area is 181 Å². The average Bonchev–Trinajstić information content (AvgIpc) is 2.98. The van der Waals surface area contributed by atoms with E-state index >= 15 is 0 Å². The summed E-state index contributed by atoms with van der Waals surface area (Å²) in [5.41, 5.74) is 1.58. The molecule has 0 aliphatic heterocycles. The van der Waals surface area contributed by atoms with Gasteiger partial charge in [-0.3, -0.25) is 4.79 Å². The first-order valence-electron chi connectivity index (χ1n) is 9.75. The summed E-state index contributed by atoms with van der Waals surface area (Å²) < 4.78 is 47.3. The van der Waals surface area contributed by atoms with E-state index in [1.807, 2.05) is 13.8 Å². The smallest absolute Gasteiger partial charge is 0.256 e. The Balaban J connectivity index is 2.18. The van der Waals surface area contributed by atoms with Crippen molar-refractivity contribution in [1.29, 1.82) is 0 Å². The largest absolute Gasteiger partial charge is 0.497 e. The van der Waals surface area contributed by atoms with Crippen LogP contribution in [0, 0.1) is 19.7 Å². The van der Waals surface area contributed by atoms with Crippen LogP contribution < -0.4 is 10.1 Å². The number of hydrogen-bond donors (Lipinski definition) is 1. The summed E-state index contributed by atoms with van der Waals surface area (Å²) in [7, 11) is -2.52. The third-order valence-corrected chi connectivity index (χ3v) is 7.10. The number of nitrogens with one attached hydrogen (secondary N) is 1. The van der Waals surface area contributed by atoms with Crippen LogP contribution in [0.15, 0.2) is 58.3 Å². The molecule has 3 aromatic rings. The molecule has 1 amide bonds. The molecule has 0 radical (unpaired) electrons. The van der Waals surface area contributed by atoms with Gasteiger partial charge in [0.1, 0.15) is 22.3 Å². The molecule has 0 fully saturated rings. The Morgan fingerprint density at radius 2 is 1.74 bits per heavy atom. The van der Waals surface area contributed by atoms with Crippen molar-refractivity contribution in [3.63, 3.8) is 0 Å². The van der Waals surface area contributed by atoms with Gasteiger partial charge in [0, 0.05) is 17.3 Å². The van der Waals surface area contributed by atoms with Crippen LogP contribution in [0.1, 0.15) is 41.5 Å². The van der Waals surface area contributed by atoms with Crippen molar-refractivity contribution in [3.05, 3.63) is 71.2 Å². The standard InChI is InChI=1S/C23H25FN2O4S/c1-14(2)26-16(4)15(3)21(31(28,29)20-11-9-18(24)10-12-20)22(26)25-23(27)17-7-6-8-19(13-17)30-5/h6-14H,1-5H3,(H,25,27). The molecule has 3 rings (SSSR count). The Kier molecular flexibility index (Phi) is 6.22. The van der Waals surface area contributed by atoms with E-state index in [0.717, 1.165) is 17.8 Å². The van der Waals surface area contributed by atoms with Crippen LogP contribution in [0.3, 0.4) is 0 Å². The highest BCUT2D eigenvalue weighted by Crippen LogP contribution is 2.37. The molecule has 1 heterocycles. The van der Waals surface area contributed by atoms with Gasteiger partial charge in [-0.05, 0) is 75.7 Å². The highest BCUT2D eigenvalue weighted by molar-refractivity contribution is 7.91. The van der Waals surface area contributed by atoms with Crippen LogP contribution >= 0.6 is 0 Å². The van der Waals surface area contributed by atoms with Crippen molar-refractivity contribution in [2.24, 2.45) is 0 Å². The number of aromatic nitrogens is 1. The average molecular weight is 445 g/mol. The molecule has 0 spiro atoms. The third-order valence-electron chi connectivity index (χ3n) is 5.17. The van der Waals surface area contributed by atoms with Crippen LogP contribution in [-0.2, 0) is 9.84 Å². The van der Waals surface area contributed by atoms with Gasteiger partial charge >= 0.3 is 0 Å². The first kappa shape index (κ1) is 22.6. The lowest BCUT2D eigenvalue weighted by Gasteiger charge is -2.17. The molecule has 2 aromatic carbocycles. The number of sulfone groups is 1. The van der Waals surface area contributed by atoms with Gasteiger partial charge in [-0.15, -0.1) is 0 Å². The van der Waals surface area contributed by atoms with E-state index in [2.05, 4.69) is 5.32 Å². The summed E-state index contributed by atoms with van der Waals surface area (Å²) in [5, 5.41) is 2.79. The van der Waals surface area contributed by atoms with E-state index in [1.54, 1.807) is 42.7 Å². The van der Waals surface area contributed by atoms with Crippen LogP contribution in [-0.4, -0.2) is 26.0 Å². The quantitative estimate of drug-likeness (QED) is 0.548. The van der Waals surface area contributed by atoms with E-state index in [0.29, 0.717) is 16.9 Å². The Bertz CT molecular complexity index is 1230. The van der Waals surface area contributed by atoms with Gasteiger partial charge in [-0.1, -0.05) is 6.07 Å². The van der Waals surface area contributed by atoms with E-state index < -0.39 is 21.6 Å².